The molecular formula is C16H20ClNO2. The van der Waals surface area contributed by atoms with E-state index >= 15 is 0 Å². The standard InChI is InChI=1S/C16H20ClNO2/c1-4-14(11-10-13-8-6-5-7-9-13)18-20-15(19)16(2,3)12-17/h5-11H,4,12H2,1-3H3. The fraction of sp³-hybridized carbons (Fsp3) is 0.375. The molecule has 0 saturated carbocycles. The molecule has 0 aliphatic heterocycles. The molecule has 0 radical (unpaired) electrons. The van der Waals surface area contributed by atoms with Crippen LogP contribution in [-0.2, 0) is 9.63 Å². The highest BCUT2D eigenvalue weighted by Gasteiger charge is 2.28. The summed E-state index contributed by atoms with van der Waals surface area (Å²) in [5.74, 6) is -0.227. The number of carbonyl (C=O) groups excluding carboxylic acids is 1. The first-order valence-corrected chi connectivity index (χ1v) is 7.10. The van der Waals surface area contributed by atoms with Crippen LogP contribution in [0.4, 0.5) is 0 Å². The lowest BCUT2D eigenvalue weighted by molar-refractivity contribution is -0.152. The van der Waals surface area contributed by atoms with Gasteiger partial charge < -0.3 is 4.84 Å². The second-order valence-corrected chi connectivity index (χ2v) is 5.34. The van der Waals surface area contributed by atoms with E-state index in [1.165, 1.54) is 0 Å². The molecule has 0 N–H and O–H groups in total. The van der Waals surface area contributed by atoms with Gasteiger partial charge >= 0.3 is 5.97 Å². The van der Waals surface area contributed by atoms with E-state index in [1.54, 1.807) is 13.8 Å². The molecule has 0 bridgehead atoms. The fourth-order valence-electron chi connectivity index (χ4n) is 1.25. The zero-order valence-corrected chi connectivity index (χ0v) is 12.9. The van der Waals surface area contributed by atoms with Crippen LogP contribution in [0.15, 0.2) is 41.6 Å². The number of carbonyl (C=O) groups is 1. The minimum atomic E-state index is -0.729. The van der Waals surface area contributed by atoms with E-state index in [9.17, 15) is 4.79 Å². The van der Waals surface area contributed by atoms with Gasteiger partial charge in [-0.2, -0.15) is 0 Å². The maximum Gasteiger partial charge on any atom is 0.341 e. The largest absolute Gasteiger partial charge is 0.341 e. The molecule has 0 aliphatic rings. The van der Waals surface area contributed by atoms with E-state index in [4.69, 9.17) is 16.4 Å². The molecule has 0 atom stereocenters. The molecule has 1 aromatic carbocycles. The highest BCUT2D eigenvalue weighted by molar-refractivity contribution is 6.19. The minimum Gasteiger partial charge on any atom is -0.317 e. The van der Waals surface area contributed by atoms with Gasteiger partial charge in [0, 0.05) is 5.88 Å². The van der Waals surface area contributed by atoms with Gasteiger partial charge in [0.15, 0.2) is 0 Å². The lowest BCUT2D eigenvalue weighted by atomic mass is 9.97. The third kappa shape index (κ3) is 5.17. The summed E-state index contributed by atoms with van der Waals surface area (Å²) in [4.78, 5) is 16.7. The molecule has 1 rings (SSSR count). The van der Waals surface area contributed by atoms with Gasteiger partial charge in [0.05, 0.1) is 11.1 Å². The first kappa shape index (κ1) is 16.4. The van der Waals surface area contributed by atoms with Crippen molar-refractivity contribution in [2.24, 2.45) is 10.6 Å². The Balaban J connectivity index is 2.69. The van der Waals surface area contributed by atoms with Gasteiger partial charge in [-0.1, -0.05) is 48.5 Å². The lowest BCUT2D eigenvalue weighted by Gasteiger charge is -2.16. The summed E-state index contributed by atoms with van der Waals surface area (Å²) >= 11 is 5.72. The van der Waals surface area contributed by atoms with E-state index in [1.807, 2.05) is 49.4 Å². The quantitative estimate of drug-likeness (QED) is 0.340. The Bertz CT molecular complexity index is 492. The average Bonchev–Trinajstić information content (AvgIpc) is 2.48. The predicted octanol–water partition coefficient (Wildman–Crippen LogP) is 4.27. The van der Waals surface area contributed by atoms with Crippen molar-refractivity contribution < 1.29 is 9.63 Å². The Morgan fingerprint density at radius 3 is 2.55 bits per heavy atom. The number of rotatable bonds is 6. The van der Waals surface area contributed by atoms with Crippen LogP contribution in [0.1, 0.15) is 32.8 Å². The zero-order valence-electron chi connectivity index (χ0n) is 12.1. The number of nitrogens with zero attached hydrogens (tertiary/aromatic N) is 1. The van der Waals surface area contributed by atoms with Gasteiger partial charge in [-0.25, -0.2) is 4.79 Å². The van der Waals surface area contributed by atoms with Crippen LogP contribution in [0.2, 0.25) is 0 Å². The molecular weight excluding hydrogens is 274 g/mol. The number of oxime groups is 1. The molecule has 108 valence electrons. The second kappa shape index (κ2) is 7.85. The number of benzene rings is 1. The Morgan fingerprint density at radius 2 is 2.00 bits per heavy atom. The summed E-state index contributed by atoms with van der Waals surface area (Å²) in [6, 6.07) is 9.87. The topological polar surface area (TPSA) is 38.7 Å². The maximum absolute atomic E-state index is 11.8. The fourth-order valence-corrected chi connectivity index (χ4v) is 1.36. The number of halogens is 1. The van der Waals surface area contributed by atoms with Crippen molar-refractivity contribution in [3.05, 3.63) is 42.0 Å². The Labute approximate surface area is 125 Å². The third-order valence-corrected chi connectivity index (χ3v) is 3.43. The van der Waals surface area contributed by atoms with Crippen LogP contribution in [-0.4, -0.2) is 17.6 Å². The first-order valence-electron chi connectivity index (χ1n) is 6.57. The van der Waals surface area contributed by atoms with Crippen molar-refractivity contribution in [3.63, 3.8) is 0 Å². The molecule has 0 saturated heterocycles. The van der Waals surface area contributed by atoms with E-state index in [2.05, 4.69) is 5.16 Å². The summed E-state index contributed by atoms with van der Waals surface area (Å²) in [5.41, 5.74) is 1.04. The van der Waals surface area contributed by atoms with Crippen LogP contribution in [0.5, 0.6) is 0 Å². The summed E-state index contributed by atoms with van der Waals surface area (Å²) in [6.45, 7) is 5.40. The van der Waals surface area contributed by atoms with Crippen molar-refractivity contribution >= 4 is 29.4 Å². The van der Waals surface area contributed by atoms with E-state index in [0.29, 0.717) is 12.1 Å². The molecule has 0 spiro atoms. The highest BCUT2D eigenvalue weighted by atomic mass is 35.5. The monoisotopic (exact) mass is 293 g/mol. The van der Waals surface area contributed by atoms with E-state index in [0.717, 1.165) is 5.56 Å². The number of hydrogen-bond donors (Lipinski definition) is 0. The normalized spacial score (nSPS) is 12.7. The van der Waals surface area contributed by atoms with Gasteiger partial charge in [-0.05, 0) is 31.9 Å². The van der Waals surface area contributed by atoms with Crippen LogP contribution in [0.25, 0.3) is 6.08 Å². The first-order chi connectivity index (χ1) is 9.49. The zero-order chi connectivity index (χ0) is 15.0. The van der Waals surface area contributed by atoms with Crippen LogP contribution >= 0.6 is 11.6 Å². The molecule has 0 unspecified atom stereocenters. The molecule has 0 heterocycles. The lowest BCUT2D eigenvalue weighted by Crippen LogP contribution is -2.27. The molecule has 0 aliphatic carbocycles. The van der Waals surface area contributed by atoms with E-state index < -0.39 is 11.4 Å². The van der Waals surface area contributed by atoms with Crippen LogP contribution < -0.4 is 0 Å². The van der Waals surface area contributed by atoms with Crippen molar-refractivity contribution in [2.75, 3.05) is 5.88 Å². The van der Waals surface area contributed by atoms with Gasteiger partial charge in [0.2, 0.25) is 0 Å². The average molecular weight is 294 g/mol. The smallest absolute Gasteiger partial charge is 0.317 e. The summed E-state index contributed by atoms with van der Waals surface area (Å²) < 4.78 is 0. The minimum absolute atomic E-state index is 0.197. The molecule has 0 fully saturated rings. The SMILES string of the molecule is CCC(C=Cc1ccccc1)=NOC(=O)C(C)(C)CCl. The van der Waals surface area contributed by atoms with Gasteiger partial charge in [0.25, 0.3) is 0 Å². The Morgan fingerprint density at radius 1 is 1.35 bits per heavy atom. The molecule has 3 nitrogen and oxygen atoms in total. The van der Waals surface area contributed by atoms with Crippen LogP contribution in [0, 0.1) is 5.41 Å². The third-order valence-electron chi connectivity index (χ3n) is 2.76. The van der Waals surface area contributed by atoms with Crippen LogP contribution in [0.3, 0.4) is 0 Å². The summed E-state index contributed by atoms with van der Waals surface area (Å²) in [5, 5.41) is 3.89. The summed E-state index contributed by atoms with van der Waals surface area (Å²) in [6.07, 6.45) is 4.46. The summed E-state index contributed by atoms with van der Waals surface area (Å²) in [7, 11) is 0. The Hall–Kier alpha value is -1.61. The molecule has 4 heteroatoms. The van der Waals surface area contributed by atoms with Crippen molar-refractivity contribution in [1.29, 1.82) is 0 Å². The van der Waals surface area contributed by atoms with Crippen molar-refractivity contribution in [2.45, 2.75) is 27.2 Å². The maximum atomic E-state index is 11.8. The number of hydrogen-bond acceptors (Lipinski definition) is 3. The van der Waals surface area contributed by atoms with E-state index in [-0.39, 0.29) is 5.88 Å². The van der Waals surface area contributed by atoms with Crippen molar-refractivity contribution in [1.82, 2.24) is 0 Å². The van der Waals surface area contributed by atoms with Gasteiger partial charge in [-0.15, -0.1) is 11.6 Å². The Kier molecular flexibility index (Phi) is 6.46. The van der Waals surface area contributed by atoms with Crippen molar-refractivity contribution in [3.8, 4) is 0 Å². The molecule has 1 aromatic rings. The molecule has 0 aromatic heterocycles. The second-order valence-electron chi connectivity index (χ2n) is 5.08. The number of alkyl halides is 1. The molecule has 0 amide bonds. The van der Waals surface area contributed by atoms with Gasteiger partial charge in [-0.3, -0.25) is 0 Å². The number of allylic oxidation sites excluding steroid dienone is 1. The molecule has 20 heavy (non-hydrogen) atoms. The van der Waals surface area contributed by atoms with Gasteiger partial charge in [0.1, 0.15) is 0 Å². The predicted molar refractivity (Wildman–Crippen MR) is 83.8 cm³/mol. The highest BCUT2D eigenvalue weighted by Crippen LogP contribution is 2.19.